The smallest absolute Gasteiger partial charge is 0.262 e. The molecule has 2 rings (SSSR count). The molecule has 0 radical (unpaired) electrons. The topological polar surface area (TPSA) is 38.3 Å². The Bertz CT molecular complexity index is 629. The number of hydrogen-bond donors (Lipinski definition) is 1. The fourth-order valence-electron chi connectivity index (χ4n) is 1.58. The third kappa shape index (κ3) is 3.78. The van der Waals surface area contributed by atoms with Crippen molar-refractivity contribution in [2.75, 3.05) is 11.9 Å². The number of ether oxygens (including phenoxy) is 1. The number of hydrogen-bond acceptors (Lipinski definition) is 2. The highest BCUT2D eigenvalue weighted by Crippen LogP contribution is 2.16. The van der Waals surface area contributed by atoms with Crippen LogP contribution in [0, 0.1) is 18.6 Å². The van der Waals surface area contributed by atoms with E-state index in [-0.39, 0.29) is 12.4 Å². The molecule has 0 saturated carbocycles. The van der Waals surface area contributed by atoms with Crippen LogP contribution in [0.4, 0.5) is 14.5 Å². The maximum atomic E-state index is 13.3. The van der Waals surface area contributed by atoms with Crippen molar-refractivity contribution in [3.05, 3.63) is 59.7 Å². The number of carbonyl (C=O) groups excluding carboxylic acids is 1. The zero-order valence-electron chi connectivity index (χ0n) is 10.8. The van der Waals surface area contributed by atoms with E-state index in [0.717, 1.165) is 0 Å². The van der Waals surface area contributed by atoms with E-state index in [1.165, 1.54) is 24.3 Å². The van der Waals surface area contributed by atoms with Crippen molar-refractivity contribution in [1.29, 1.82) is 0 Å². The van der Waals surface area contributed by atoms with Crippen molar-refractivity contribution in [3.8, 4) is 5.75 Å². The molecule has 0 saturated heterocycles. The summed E-state index contributed by atoms with van der Waals surface area (Å²) in [6.45, 7) is 1.36. The summed E-state index contributed by atoms with van der Waals surface area (Å²) < 4.78 is 31.4. The maximum Gasteiger partial charge on any atom is 0.262 e. The molecule has 5 heteroatoms. The molecule has 0 aliphatic rings. The molecule has 0 aromatic heterocycles. The molecule has 1 amide bonds. The highest BCUT2D eigenvalue weighted by Gasteiger charge is 2.06. The van der Waals surface area contributed by atoms with Crippen LogP contribution in [0.5, 0.6) is 5.75 Å². The van der Waals surface area contributed by atoms with Crippen LogP contribution in [0.15, 0.2) is 42.5 Å². The molecule has 0 fully saturated rings. The van der Waals surface area contributed by atoms with Gasteiger partial charge in [0.1, 0.15) is 17.4 Å². The van der Waals surface area contributed by atoms with Gasteiger partial charge in [-0.2, -0.15) is 0 Å². The summed E-state index contributed by atoms with van der Waals surface area (Å²) in [4.78, 5) is 11.6. The number of halogens is 2. The number of anilines is 1. The normalized spacial score (nSPS) is 10.2. The number of nitrogens with one attached hydrogen (secondary N) is 1. The SMILES string of the molecule is Cc1ccc(OCC(=O)Nc2cccc(F)c2)cc1F. The lowest BCUT2D eigenvalue weighted by atomic mass is 10.2. The fourth-order valence-corrected chi connectivity index (χ4v) is 1.58. The maximum absolute atomic E-state index is 13.3. The Balaban J connectivity index is 1.90. The molecule has 0 unspecified atom stereocenters. The highest BCUT2D eigenvalue weighted by atomic mass is 19.1. The van der Waals surface area contributed by atoms with Crippen LogP contribution in [0.1, 0.15) is 5.56 Å². The van der Waals surface area contributed by atoms with Crippen LogP contribution < -0.4 is 10.1 Å². The zero-order valence-corrected chi connectivity index (χ0v) is 10.8. The molecule has 0 heterocycles. The van der Waals surface area contributed by atoms with Gasteiger partial charge in [0.15, 0.2) is 6.61 Å². The minimum atomic E-state index is -0.448. The summed E-state index contributed by atoms with van der Waals surface area (Å²) in [6, 6.07) is 9.88. The summed E-state index contributed by atoms with van der Waals surface area (Å²) >= 11 is 0. The fraction of sp³-hybridized carbons (Fsp3) is 0.133. The lowest BCUT2D eigenvalue weighted by molar-refractivity contribution is -0.118. The second-order valence-electron chi connectivity index (χ2n) is 4.26. The van der Waals surface area contributed by atoms with E-state index < -0.39 is 17.5 Å². The van der Waals surface area contributed by atoms with Crippen molar-refractivity contribution in [3.63, 3.8) is 0 Å². The molecular weight excluding hydrogens is 264 g/mol. The van der Waals surface area contributed by atoms with E-state index in [4.69, 9.17) is 4.74 Å². The molecule has 0 bridgehead atoms. The minimum absolute atomic E-state index is 0.266. The van der Waals surface area contributed by atoms with Crippen molar-refractivity contribution in [2.24, 2.45) is 0 Å². The number of rotatable bonds is 4. The molecule has 1 N–H and O–H groups in total. The van der Waals surface area contributed by atoms with E-state index >= 15 is 0 Å². The summed E-state index contributed by atoms with van der Waals surface area (Å²) in [5.41, 5.74) is 0.843. The van der Waals surface area contributed by atoms with Crippen molar-refractivity contribution < 1.29 is 18.3 Å². The predicted octanol–water partition coefficient (Wildman–Crippen LogP) is 3.29. The van der Waals surface area contributed by atoms with Gasteiger partial charge >= 0.3 is 0 Å². The van der Waals surface area contributed by atoms with Crippen LogP contribution in [-0.2, 0) is 4.79 Å². The number of carbonyl (C=O) groups is 1. The van der Waals surface area contributed by atoms with E-state index in [9.17, 15) is 13.6 Å². The number of aryl methyl sites for hydroxylation is 1. The van der Waals surface area contributed by atoms with Crippen LogP contribution in [0.3, 0.4) is 0 Å². The van der Waals surface area contributed by atoms with Crippen LogP contribution in [0.2, 0.25) is 0 Å². The first-order chi connectivity index (χ1) is 9.54. The van der Waals surface area contributed by atoms with Gasteiger partial charge < -0.3 is 10.1 Å². The van der Waals surface area contributed by atoms with Crippen molar-refractivity contribution in [1.82, 2.24) is 0 Å². The Morgan fingerprint density at radius 2 is 2.00 bits per heavy atom. The first-order valence-corrected chi connectivity index (χ1v) is 5.99. The molecule has 0 spiro atoms. The summed E-state index contributed by atoms with van der Waals surface area (Å²) in [7, 11) is 0. The predicted molar refractivity (Wildman–Crippen MR) is 71.7 cm³/mol. The molecule has 0 aliphatic carbocycles. The van der Waals surface area contributed by atoms with Crippen molar-refractivity contribution >= 4 is 11.6 Å². The molecule has 20 heavy (non-hydrogen) atoms. The van der Waals surface area contributed by atoms with E-state index in [1.807, 2.05) is 0 Å². The Hall–Kier alpha value is -2.43. The largest absolute Gasteiger partial charge is 0.484 e. The van der Waals surface area contributed by atoms with E-state index in [0.29, 0.717) is 11.3 Å². The molecule has 104 valence electrons. The quantitative estimate of drug-likeness (QED) is 0.931. The van der Waals surface area contributed by atoms with E-state index in [1.54, 1.807) is 25.1 Å². The molecule has 0 aliphatic heterocycles. The monoisotopic (exact) mass is 277 g/mol. The van der Waals surface area contributed by atoms with Crippen LogP contribution >= 0.6 is 0 Å². The van der Waals surface area contributed by atoms with Gasteiger partial charge in [0.05, 0.1) is 0 Å². The average Bonchev–Trinajstić information content (AvgIpc) is 2.40. The lowest BCUT2D eigenvalue weighted by Gasteiger charge is -2.08. The van der Waals surface area contributed by atoms with Crippen LogP contribution in [0.25, 0.3) is 0 Å². The summed E-state index contributed by atoms with van der Waals surface area (Å²) in [5, 5.41) is 2.48. The molecular formula is C15H13F2NO2. The Labute approximate surface area is 115 Å². The van der Waals surface area contributed by atoms with Gasteiger partial charge in [0.25, 0.3) is 5.91 Å². The van der Waals surface area contributed by atoms with Crippen molar-refractivity contribution in [2.45, 2.75) is 6.92 Å². The van der Waals surface area contributed by atoms with E-state index in [2.05, 4.69) is 5.32 Å². The highest BCUT2D eigenvalue weighted by molar-refractivity contribution is 5.91. The standard InChI is InChI=1S/C15H13F2NO2/c1-10-5-6-13(8-14(10)17)20-9-15(19)18-12-4-2-3-11(16)7-12/h2-8H,9H2,1H3,(H,18,19). The second kappa shape index (κ2) is 6.14. The summed E-state index contributed by atoms with van der Waals surface area (Å²) in [5.74, 6) is -1.02. The molecule has 2 aromatic rings. The van der Waals surface area contributed by atoms with Gasteiger partial charge in [0.2, 0.25) is 0 Å². The Morgan fingerprint density at radius 3 is 2.70 bits per heavy atom. The Morgan fingerprint density at radius 1 is 1.20 bits per heavy atom. The van der Waals surface area contributed by atoms with Gasteiger partial charge in [-0.25, -0.2) is 8.78 Å². The first kappa shape index (κ1) is 14.0. The van der Waals surface area contributed by atoms with Gasteiger partial charge in [-0.15, -0.1) is 0 Å². The third-order valence-corrected chi connectivity index (χ3v) is 2.62. The minimum Gasteiger partial charge on any atom is -0.484 e. The molecule has 3 nitrogen and oxygen atoms in total. The lowest BCUT2D eigenvalue weighted by Crippen LogP contribution is -2.20. The third-order valence-electron chi connectivity index (χ3n) is 2.62. The first-order valence-electron chi connectivity index (χ1n) is 5.99. The zero-order chi connectivity index (χ0) is 14.5. The summed E-state index contributed by atoms with van der Waals surface area (Å²) in [6.07, 6.45) is 0. The molecule has 0 atom stereocenters. The van der Waals surface area contributed by atoms with Gasteiger partial charge in [-0.1, -0.05) is 12.1 Å². The van der Waals surface area contributed by atoms with Gasteiger partial charge in [-0.05, 0) is 36.8 Å². The number of benzene rings is 2. The second-order valence-corrected chi connectivity index (χ2v) is 4.26. The molecule has 2 aromatic carbocycles. The van der Waals surface area contributed by atoms with Gasteiger partial charge in [0, 0.05) is 11.8 Å². The Kier molecular flexibility index (Phi) is 4.30. The average molecular weight is 277 g/mol. The number of amides is 1. The van der Waals surface area contributed by atoms with Gasteiger partial charge in [-0.3, -0.25) is 4.79 Å². The van der Waals surface area contributed by atoms with Crippen LogP contribution in [-0.4, -0.2) is 12.5 Å².